The molecule has 1 fully saturated rings. The maximum atomic E-state index is 10.4. The molecule has 0 aromatic rings. The van der Waals surface area contributed by atoms with E-state index in [1.165, 1.54) is 0 Å². The van der Waals surface area contributed by atoms with Crippen molar-refractivity contribution in [2.45, 2.75) is 38.3 Å². The summed E-state index contributed by atoms with van der Waals surface area (Å²) in [5.74, 6) is -0.799. The molecule has 2 N–H and O–H groups in total. The van der Waals surface area contributed by atoms with Crippen molar-refractivity contribution in [3.63, 3.8) is 0 Å². The Balaban J connectivity index is 2.02. The van der Waals surface area contributed by atoms with Crippen LogP contribution >= 0.6 is 0 Å². The van der Waals surface area contributed by atoms with E-state index in [0.29, 0.717) is 6.10 Å². The first-order chi connectivity index (χ1) is 6.20. The minimum Gasteiger partial charge on any atom is -0.480 e. The van der Waals surface area contributed by atoms with E-state index in [0.717, 1.165) is 32.4 Å². The number of rotatable bonds is 5. The van der Waals surface area contributed by atoms with E-state index < -0.39 is 12.0 Å². The number of carboxylic acids is 1. The maximum absolute atomic E-state index is 10.4. The van der Waals surface area contributed by atoms with Crippen molar-refractivity contribution < 1.29 is 14.6 Å². The first kappa shape index (κ1) is 10.5. The van der Waals surface area contributed by atoms with Crippen LogP contribution in [0.4, 0.5) is 0 Å². The average Bonchev–Trinajstić information content (AvgIpc) is 2.56. The van der Waals surface area contributed by atoms with Gasteiger partial charge in [0.2, 0.25) is 0 Å². The molecule has 2 atom stereocenters. The number of aliphatic carboxylic acids is 1. The van der Waals surface area contributed by atoms with Crippen LogP contribution in [0.3, 0.4) is 0 Å². The lowest BCUT2D eigenvalue weighted by molar-refractivity contribution is -0.139. The highest BCUT2D eigenvalue weighted by Gasteiger charge is 2.16. The molecule has 1 rings (SSSR count). The first-order valence-corrected chi connectivity index (χ1v) is 4.78. The second-order valence-electron chi connectivity index (χ2n) is 3.44. The monoisotopic (exact) mass is 187 g/mol. The summed E-state index contributed by atoms with van der Waals surface area (Å²) in [6.45, 7) is 3.23. The van der Waals surface area contributed by atoms with Crippen molar-refractivity contribution in [2.24, 2.45) is 0 Å². The molecule has 13 heavy (non-hydrogen) atoms. The molecule has 1 heterocycles. The molecular formula is C9H17NO3. The van der Waals surface area contributed by atoms with E-state index in [-0.39, 0.29) is 0 Å². The van der Waals surface area contributed by atoms with Gasteiger partial charge in [0.1, 0.15) is 6.04 Å². The van der Waals surface area contributed by atoms with Crippen LogP contribution < -0.4 is 5.32 Å². The smallest absolute Gasteiger partial charge is 0.320 e. The number of carbonyl (C=O) groups is 1. The van der Waals surface area contributed by atoms with Crippen LogP contribution in [0.1, 0.15) is 26.2 Å². The van der Waals surface area contributed by atoms with Gasteiger partial charge in [0.05, 0.1) is 6.10 Å². The molecule has 1 aliphatic rings. The minimum absolute atomic E-state index is 0.341. The van der Waals surface area contributed by atoms with Crippen molar-refractivity contribution in [3.8, 4) is 0 Å². The van der Waals surface area contributed by atoms with Gasteiger partial charge in [-0.15, -0.1) is 0 Å². The summed E-state index contributed by atoms with van der Waals surface area (Å²) in [5.41, 5.74) is 0. The van der Waals surface area contributed by atoms with Crippen LogP contribution in [0.5, 0.6) is 0 Å². The Bertz CT molecular complexity index is 166. The number of hydrogen-bond donors (Lipinski definition) is 2. The number of carboxylic acid groups (broad SMARTS) is 1. The lowest BCUT2D eigenvalue weighted by Gasteiger charge is -2.12. The Labute approximate surface area is 78.3 Å². The largest absolute Gasteiger partial charge is 0.480 e. The van der Waals surface area contributed by atoms with E-state index in [2.05, 4.69) is 5.32 Å². The van der Waals surface area contributed by atoms with Gasteiger partial charge in [-0.2, -0.15) is 0 Å². The second kappa shape index (κ2) is 5.19. The van der Waals surface area contributed by atoms with E-state index >= 15 is 0 Å². The van der Waals surface area contributed by atoms with E-state index in [9.17, 15) is 4.79 Å². The molecular weight excluding hydrogens is 170 g/mol. The van der Waals surface area contributed by atoms with Gasteiger partial charge in [-0.1, -0.05) is 0 Å². The quantitative estimate of drug-likeness (QED) is 0.662. The van der Waals surface area contributed by atoms with Gasteiger partial charge < -0.3 is 15.2 Å². The lowest BCUT2D eigenvalue weighted by atomic mass is 10.2. The van der Waals surface area contributed by atoms with Crippen molar-refractivity contribution >= 4 is 5.97 Å². The summed E-state index contributed by atoms with van der Waals surface area (Å²) < 4.78 is 5.41. The first-order valence-electron chi connectivity index (χ1n) is 4.78. The van der Waals surface area contributed by atoms with Gasteiger partial charge >= 0.3 is 5.97 Å². The summed E-state index contributed by atoms with van der Waals surface area (Å²) >= 11 is 0. The van der Waals surface area contributed by atoms with E-state index in [1.54, 1.807) is 6.92 Å². The second-order valence-corrected chi connectivity index (χ2v) is 3.44. The minimum atomic E-state index is -0.799. The third-order valence-electron chi connectivity index (χ3n) is 2.31. The zero-order valence-electron chi connectivity index (χ0n) is 7.95. The van der Waals surface area contributed by atoms with Gasteiger partial charge in [0, 0.05) is 6.61 Å². The Morgan fingerprint density at radius 2 is 2.54 bits per heavy atom. The Hall–Kier alpha value is -0.610. The highest BCUT2D eigenvalue weighted by Crippen LogP contribution is 2.14. The summed E-state index contributed by atoms with van der Waals surface area (Å²) in [5, 5.41) is 11.5. The van der Waals surface area contributed by atoms with Gasteiger partial charge in [-0.25, -0.2) is 0 Å². The van der Waals surface area contributed by atoms with Gasteiger partial charge in [0.15, 0.2) is 0 Å². The van der Waals surface area contributed by atoms with Crippen LogP contribution in [-0.4, -0.2) is 36.4 Å². The molecule has 0 aromatic carbocycles. The SMILES string of the molecule is C[C@@H](NCCC1CCCO1)C(=O)O. The van der Waals surface area contributed by atoms with E-state index in [4.69, 9.17) is 9.84 Å². The van der Waals surface area contributed by atoms with Gasteiger partial charge in [-0.3, -0.25) is 4.79 Å². The average molecular weight is 187 g/mol. The Morgan fingerprint density at radius 1 is 1.77 bits per heavy atom. The molecule has 4 nitrogen and oxygen atoms in total. The molecule has 0 aliphatic carbocycles. The van der Waals surface area contributed by atoms with Crippen LogP contribution in [-0.2, 0) is 9.53 Å². The molecule has 76 valence electrons. The Morgan fingerprint density at radius 3 is 3.08 bits per heavy atom. The van der Waals surface area contributed by atoms with Crippen molar-refractivity contribution in [1.82, 2.24) is 5.32 Å². The fourth-order valence-electron chi connectivity index (χ4n) is 1.42. The van der Waals surface area contributed by atoms with Crippen LogP contribution in [0, 0.1) is 0 Å². The third-order valence-corrected chi connectivity index (χ3v) is 2.31. The standard InChI is InChI=1S/C9H17NO3/c1-7(9(11)12)10-5-4-8-3-2-6-13-8/h7-8,10H,2-6H2,1H3,(H,11,12)/t7-,8?/m1/s1. The lowest BCUT2D eigenvalue weighted by Crippen LogP contribution is -2.35. The highest BCUT2D eigenvalue weighted by atomic mass is 16.5. The maximum Gasteiger partial charge on any atom is 0.320 e. The van der Waals surface area contributed by atoms with Crippen LogP contribution in [0.15, 0.2) is 0 Å². The zero-order valence-corrected chi connectivity index (χ0v) is 7.95. The molecule has 0 bridgehead atoms. The molecule has 0 aromatic heterocycles. The summed E-state index contributed by atoms with van der Waals surface area (Å²) in [7, 11) is 0. The molecule has 1 aliphatic heterocycles. The molecule has 0 spiro atoms. The molecule has 0 saturated carbocycles. The topological polar surface area (TPSA) is 58.6 Å². The third kappa shape index (κ3) is 3.74. The normalized spacial score (nSPS) is 24.5. The van der Waals surface area contributed by atoms with Crippen molar-refractivity contribution in [3.05, 3.63) is 0 Å². The Kier molecular flexibility index (Phi) is 4.18. The van der Waals surface area contributed by atoms with Crippen LogP contribution in [0.2, 0.25) is 0 Å². The van der Waals surface area contributed by atoms with Gasteiger partial charge in [0.25, 0.3) is 0 Å². The number of ether oxygens (including phenoxy) is 1. The van der Waals surface area contributed by atoms with Crippen molar-refractivity contribution in [1.29, 1.82) is 0 Å². The van der Waals surface area contributed by atoms with E-state index in [1.807, 2.05) is 0 Å². The molecule has 0 radical (unpaired) electrons. The zero-order chi connectivity index (χ0) is 9.68. The summed E-state index contributed by atoms with van der Waals surface area (Å²) in [4.78, 5) is 10.4. The van der Waals surface area contributed by atoms with Crippen LogP contribution in [0.25, 0.3) is 0 Å². The predicted molar refractivity (Wildman–Crippen MR) is 48.7 cm³/mol. The molecule has 1 unspecified atom stereocenters. The fraction of sp³-hybridized carbons (Fsp3) is 0.889. The summed E-state index contributed by atoms with van der Waals surface area (Å²) in [6, 6.07) is -0.457. The number of hydrogen-bond acceptors (Lipinski definition) is 3. The molecule has 1 saturated heterocycles. The predicted octanol–water partition coefficient (Wildman–Crippen LogP) is 0.618. The fourth-order valence-corrected chi connectivity index (χ4v) is 1.42. The summed E-state index contributed by atoms with van der Waals surface area (Å²) in [6.07, 6.45) is 3.51. The van der Waals surface area contributed by atoms with Gasteiger partial charge in [-0.05, 0) is 32.7 Å². The molecule has 0 amide bonds. The van der Waals surface area contributed by atoms with Crippen molar-refractivity contribution in [2.75, 3.05) is 13.2 Å². The number of nitrogens with one attached hydrogen (secondary N) is 1. The molecule has 4 heteroatoms. The highest BCUT2D eigenvalue weighted by molar-refractivity contribution is 5.72.